The van der Waals surface area contributed by atoms with Crippen molar-refractivity contribution < 1.29 is 0 Å². The van der Waals surface area contributed by atoms with Gasteiger partial charge in [-0.2, -0.15) is 0 Å². The van der Waals surface area contributed by atoms with Gasteiger partial charge in [-0.15, -0.1) is 0 Å². The summed E-state index contributed by atoms with van der Waals surface area (Å²) in [4.78, 5) is 2.70. The minimum atomic E-state index is 0.586. The number of likely N-dealkylation sites (tertiary alicyclic amines) is 1. The molecule has 1 N–H and O–H groups in total. The summed E-state index contributed by atoms with van der Waals surface area (Å²) in [5.74, 6) is 0. The van der Waals surface area contributed by atoms with E-state index in [1.165, 1.54) is 77.5 Å². The average molecular weight is 252 g/mol. The normalized spacial score (nSPS) is 25.0. The first-order chi connectivity index (χ1) is 8.66. The van der Waals surface area contributed by atoms with Crippen LogP contribution in [0.1, 0.15) is 65.2 Å². The molecule has 0 aromatic heterocycles. The molecule has 0 amide bonds. The summed E-state index contributed by atoms with van der Waals surface area (Å²) in [6, 6.07) is 0.887. The van der Waals surface area contributed by atoms with Crippen LogP contribution in [0.15, 0.2) is 0 Å². The van der Waals surface area contributed by atoms with Gasteiger partial charge in [0.25, 0.3) is 0 Å². The first-order valence-corrected chi connectivity index (χ1v) is 8.11. The summed E-state index contributed by atoms with van der Waals surface area (Å²) in [5, 5.41) is 3.60. The van der Waals surface area contributed by atoms with Gasteiger partial charge in [0.15, 0.2) is 0 Å². The Bertz CT molecular complexity index is 233. The van der Waals surface area contributed by atoms with Crippen molar-refractivity contribution in [1.29, 1.82) is 0 Å². The molecule has 18 heavy (non-hydrogen) atoms. The first kappa shape index (κ1) is 14.3. The summed E-state index contributed by atoms with van der Waals surface area (Å²) in [5.41, 5.74) is 0.586. The van der Waals surface area contributed by atoms with Crippen LogP contribution in [0.25, 0.3) is 0 Å². The Balaban J connectivity index is 1.47. The molecule has 0 aromatic rings. The van der Waals surface area contributed by atoms with Crippen molar-refractivity contribution in [3.8, 4) is 0 Å². The van der Waals surface area contributed by atoms with Crippen LogP contribution >= 0.6 is 0 Å². The second-order valence-corrected chi connectivity index (χ2v) is 7.15. The van der Waals surface area contributed by atoms with Gasteiger partial charge in [0.2, 0.25) is 0 Å². The molecule has 1 aliphatic heterocycles. The lowest BCUT2D eigenvalue weighted by molar-refractivity contribution is 0.257. The average Bonchev–Trinajstić information content (AvgIpc) is 3.13. The van der Waals surface area contributed by atoms with Crippen LogP contribution < -0.4 is 5.32 Å². The van der Waals surface area contributed by atoms with Crippen molar-refractivity contribution in [3.63, 3.8) is 0 Å². The number of rotatable bonds is 7. The van der Waals surface area contributed by atoms with Crippen molar-refractivity contribution in [3.05, 3.63) is 0 Å². The summed E-state index contributed by atoms with van der Waals surface area (Å²) >= 11 is 0. The van der Waals surface area contributed by atoms with Gasteiger partial charge in [-0.25, -0.2) is 0 Å². The molecule has 0 unspecified atom stereocenters. The van der Waals surface area contributed by atoms with Gasteiger partial charge in [0.05, 0.1) is 0 Å². The van der Waals surface area contributed by atoms with E-state index in [2.05, 4.69) is 24.1 Å². The third kappa shape index (κ3) is 5.71. The Morgan fingerprint density at radius 3 is 2.67 bits per heavy atom. The zero-order valence-corrected chi connectivity index (χ0v) is 12.5. The maximum Gasteiger partial charge on any atom is 0.00682 e. The van der Waals surface area contributed by atoms with Crippen molar-refractivity contribution in [2.24, 2.45) is 5.41 Å². The van der Waals surface area contributed by atoms with E-state index in [1.54, 1.807) is 0 Å². The molecular formula is C16H32N2. The van der Waals surface area contributed by atoms with Crippen LogP contribution in [0.3, 0.4) is 0 Å². The van der Waals surface area contributed by atoms with E-state index in [9.17, 15) is 0 Å². The van der Waals surface area contributed by atoms with E-state index in [-0.39, 0.29) is 0 Å². The smallest absolute Gasteiger partial charge is 0.00682 e. The third-order valence-corrected chi connectivity index (χ3v) is 4.59. The summed E-state index contributed by atoms with van der Waals surface area (Å²) in [7, 11) is 0. The predicted octanol–water partition coefficient (Wildman–Crippen LogP) is 3.42. The lowest BCUT2D eigenvalue weighted by Gasteiger charge is -2.23. The maximum absolute atomic E-state index is 3.60. The number of nitrogens with zero attached hydrogens (tertiary/aromatic N) is 1. The molecule has 2 aliphatic rings. The molecule has 0 radical (unpaired) electrons. The standard InChI is InChI=1S/C16H32N2/c1-16(2)9-6-13-18(14-10-16)12-5-3-4-11-17-15-7-8-15/h15,17H,3-14H2,1-2H3. The van der Waals surface area contributed by atoms with E-state index in [4.69, 9.17) is 0 Å². The molecule has 0 aromatic carbocycles. The molecule has 2 nitrogen and oxygen atoms in total. The number of hydrogen-bond acceptors (Lipinski definition) is 2. The van der Waals surface area contributed by atoms with E-state index >= 15 is 0 Å². The van der Waals surface area contributed by atoms with Crippen molar-refractivity contribution in [1.82, 2.24) is 10.2 Å². The van der Waals surface area contributed by atoms with Crippen LogP contribution in [-0.2, 0) is 0 Å². The lowest BCUT2D eigenvalue weighted by Crippen LogP contribution is -2.26. The monoisotopic (exact) mass is 252 g/mol. The molecule has 1 saturated heterocycles. The molecule has 0 spiro atoms. The Morgan fingerprint density at radius 1 is 1.06 bits per heavy atom. The van der Waals surface area contributed by atoms with Crippen molar-refractivity contribution in [2.75, 3.05) is 26.2 Å². The van der Waals surface area contributed by atoms with Crippen molar-refractivity contribution >= 4 is 0 Å². The number of unbranched alkanes of at least 4 members (excludes halogenated alkanes) is 2. The molecular weight excluding hydrogens is 220 g/mol. The van der Waals surface area contributed by atoms with E-state index in [1.807, 2.05) is 0 Å². The fraction of sp³-hybridized carbons (Fsp3) is 1.00. The topological polar surface area (TPSA) is 15.3 Å². The highest BCUT2D eigenvalue weighted by atomic mass is 15.1. The second kappa shape index (κ2) is 6.91. The number of nitrogens with one attached hydrogen (secondary N) is 1. The molecule has 1 saturated carbocycles. The highest BCUT2D eigenvalue weighted by Crippen LogP contribution is 2.29. The van der Waals surface area contributed by atoms with Gasteiger partial charge in [-0.1, -0.05) is 20.3 Å². The molecule has 1 heterocycles. The van der Waals surface area contributed by atoms with E-state index in [0.717, 1.165) is 6.04 Å². The minimum Gasteiger partial charge on any atom is -0.314 e. The molecule has 2 heteroatoms. The highest BCUT2D eigenvalue weighted by Gasteiger charge is 2.22. The van der Waals surface area contributed by atoms with Gasteiger partial charge in [-0.3, -0.25) is 0 Å². The van der Waals surface area contributed by atoms with E-state index < -0.39 is 0 Å². The van der Waals surface area contributed by atoms with Crippen molar-refractivity contribution in [2.45, 2.75) is 71.3 Å². The summed E-state index contributed by atoms with van der Waals surface area (Å²) in [6.45, 7) is 10.1. The van der Waals surface area contributed by atoms with Gasteiger partial charge in [0.1, 0.15) is 0 Å². The molecule has 2 fully saturated rings. The zero-order valence-electron chi connectivity index (χ0n) is 12.5. The highest BCUT2D eigenvalue weighted by molar-refractivity contribution is 4.80. The largest absolute Gasteiger partial charge is 0.314 e. The Morgan fingerprint density at radius 2 is 1.89 bits per heavy atom. The SMILES string of the molecule is CC1(C)CCCN(CCCCCNC2CC2)CC1. The Kier molecular flexibility index (Phi) is 5.50. The van der Waals surface area contributed by atoms with Crippen LogP contribution in [0, 0.1) is 5.41 Å². The van der Waals surface area contributed by atoms with Crippen LogP contribution in [-0.4, -0.2) is 37.1 Å². The Labute approximate surface area is 114 Å². The molecule has 106 valence electrons. The number of hydrogen-bond donors (Lipinski definition) is 1. The van der Waals surface area contributed by atoms with Crippen LogP contribution in [0.5, 0.6) is 0 Å². The van der Waals surface area contributed by atoms with Gasteiger partial charge < -0.3 is 10.2 Å². The predicted molar refractivity (Wildman–Crippen MR) is 78.9 cm³/mol. The van der Waals surface area contributed by atoms with Gasteiger partial charge in [0, 0.05) is 6.04 Å². The molecule has 2 rings (SSSR count). The fourth-order valence-corrected chi connectivity index (χ4v) is 2.93. The van der Waals surface area contributed by atoms with Crippen LogP contribution in [0.2, 0.25) is 0 Å². The Hall–Kier alpha value is -0.0800. The quantitative estimate of drug-likeness (QED) is 0.698. The maximum atomic E-state index is 3.60. The molecule has 0 bridgehead atoms. The zero-order chi connectivity index (χ0) is 12.8. The van der Waals surface area contributed by atoms with Crippen LogP contribution in [0.4, 0.5) is 0 Å². The fourth-order valence-electron chi connectivity index (χ4n) is 2.93. The van der Waals surface area contributed by atoms with Gasteiger partial charge in [-0.05, 0) is 76.5 Å². The first-order valence-electron chi connectivity index (χ1n) is 8.11. The van der Waals surface area contributed by atoms with E-state index in [0.29, 0.717) is 5.41 Å². The summed E-state index contributed by atoms with van der Waals surface area (Å²) < 4.78 is 0. The summed E-state index contributed by atoms with van der Waals surface area (Å²) in [6.07, 6.45) is 11.2. The minimum absolute atomic E-state index is 0.586. The lowest BCUT2D eigenvalue weighted by atomic mass is 9.85. The third-order valence-electron chi connectivity index (χ3n) is 4.59. The molecule has 1 aliphatic carbocycles. The second-order valence-electron chi connectivity index (χ2n) is 7.15. The molecule has 0 atom stereocenters. The van der Waals surface area contributed by atoms with Gasteiger partial charge >= 0.3 is 0 Å².